The highest BCUT2D eigenvalue weighted by Gasteiger charge is 2.24. The number of rotatable bonds is 12. The maximum Gasteiger partial charge on any atom is 0.336 e. The topological polar surface area (TPSA) is 74.6 Å². The molecule has 2 N–H and O–H groups in total. The van der Waals surface area contributed by atoms with Crippen LogP contribution in [0.15, 0.2) is 12.1 Å². The summed E-state index contributed by atoms with van der Waals surface area (Å²) in [7, 11) is 0. The zero-order valence-electron chi connectivity index (χ0n) is 18.4. The molecule has 0 heterocycles. The number of carboxylic acids is 2. The molecule has 2 atom stereocenters. The van der Waals surface area contributed by atoms with E-state index in [9.17, 15) is 19.8 Å². The second-order valence-corrected chi connectivity index (χ2v) is 9.30. The summed E-state index contributed by atoms with van der Waals surface area (Å²) >= 11 is 0. The molecular formula is C24H38O4. The first-order chi connectivity index (χ1) is 13.0. The number of carbonyl (C=O) groups is 2. The van der Waals surface area contributed by atoms with Crippen molar-refractivity contribution in [1.29, 1.82) is 0 Å². The molecule has 2 unspecified atom stereocenters. The van der Waals surface area contributed by atoms with Crippen molar-refractivity contribution < 1.29 is 19.8 Å². The fourth-order valence-corrected chi connectivity index (χ4v) is 3.70. The zero-order valence-corrected chi connectivity index (χ0v) is 18.4. The van der Waals surface area contributed by atoms with Crippen LogP contribution < -0.4 is 0 Å². The van der Waals surface area contributed by atoms with Crippen LogP contribution in [0.4, 0.5) is 0 Å². The third-order valence-electron chi connectivity index (χ3n) is 5.45. The van der Waals surface area contributed by atoms with Crippen molar-refractivity contribution in [2.75, 3.05) is 0 Å². The number of carboxylic acid groups (broad SMARTS) is 2. The van der Waals surface area contributed by atoms with Crippen LogP contribution in [-0.2, 0) is 12.8 Å². The first-order valence-electron chi connectivity index (χ1n) is 10.6. The molecule has 0 saturated carbocycles. The molecule has 0 radical (unpaired) electrons. The van der Waals surface area contributed by atoms with Crippen molar-refractivity contribution in [3.8, 4) is 0 Å². The standard InChI is InChI=1S/C24H38O4/c1-15(2)7-9-17(5)13-19-11-12-20(23(25)26)22(24(27)28)21(19)14-18(6)10-8-16(3)4/h11-12,15-18H,7-10,13-14H2,1-6H3,(H,25,26)(H,27,28). The van der Waals surface area contributed by atoms with Crippen LogP contribution in [0.1, 0.15) is 99.1 Å². The number of aromatic carboxylic acids is 2. The van der Waals surface area contributed by atoms with Gasteiger partial charge in [0.2, 0.25) is 0 Å². The Balaban J connectivity index is 3.24. The minimum atomic E-state index is -1.17. The Kier molecular flexibility index (Phi) is 9.71. The van der Waals surface area contributed by atoms with Gasteiger partial charge >= 0.3 is 11.9 Å². The number of hydrogen-bond donors (Lipinski definition) is 2. The highest BCUT2D eigenvalue weighted by atomic mass is 16.4. The van der Waals surface area contributed by atoms with Crippen LogP contribution in [-0.4, -0.2) is 22.2 Å². The molecule has 0 bridgehead atoms. The molecular weight excluding hydrogens is 352 g/mol. The molecule has 1 rings (SSSR count). The lowest BCUT2D eigenvalue weighted by Gasteiger charge is -2.21. The highest BCUT2D eigenvalue weighted by Crippen LogP contribution is 2.28. The molecule has 28 heavy (non-hydrogen) atoms. The average molecular weight is 391 g/mol. The van der Waals surface area contributed by atoms with Gasteiger partial charge in [-0.05, 0) is 53.7 Å². The molecule has 0 aliphatic rings. The summed E-state index contributed by atoms with van der Waals surface area (Å²) in [6.45, 7) is 13.1. The Hall–Kier alpha value is -1.84. The lowest BCUT2D eigenvalue weighted by Crippen LogP contribution is -2.17. The van der Waals surface area contributed by atoms with E-state index >= 15 is 0 Å². The van der Waals surface area contributed by atoms with Crippen LogP contribution in [0.3, 0.4) is 0 Å². The van der Waals surface area contributed by atoms with Gasteiger partial charge in [-0.1, -0.05) is 73.3 Å². The van der Waals surface area contributed by atoms with Crippen molar-refractivity contribution in [3.63, 3.8) is 0 Å². The Bertz CT molecular complexity index is 661. The van der Waals surface area contributed by atoms with Crippen molar-refractivity contribution in [3.05, 3.63) is 34.4 Å². The Morgan fingerprint density at radius 1 is 0.750 bits per heavy atom. The summed E-state index contributed by atoms with van der Waals surface area (Å²) in [6.07, 6.45) is 5.73. The molecule has 0 aliphatic carbocycles. The minimum absolute atomic E-state index is 0.0162. The predicted octanol–water partition coefficient (Wildman–Crippen LogP) is 6.31. The van der Waals surface area contributed by atoms with Gasteiger partial charge in [0.05, 0.1) is 11.1 Å². The van der Waals surface area contributed by atoms with Crippen LogP contribution in [0, 0.1) is 23.7 Å². The second kappa shape index (κ2) is 11.2. The molecule has 1 aromatic carbocycles. The maximum atomic E-state index is 12.0. The van der Waals surface area contributed by atoms with E-state index in [0.29, 0.717) is 30.1 Å². The van der Waals surface area contributed by atoms with E-state index in [4.69, 9.17) is 0 Å². The van der Waals surface area contributed by atoms with Crippen LogP contribution in [0.2, 0.25) is 0 Å². The lowest BCUT2D eigenvalue weighted by molar-refractivity contribution is 0.0650. The predicted molar refractivity (Wildman–Crippen MR) is 114 cm³/mol. The molecule has 0 amide bonds. The summed E-state index contributed by atoms with van der Waals surface area (Å²) in [6, 6.07) is 3.31. The lowest BCUT2D eigenvalue weighted by atomic mass is 9.83. The van der Waals surface area contributed by atoms with Crippen molar-refractivity contribution in [2.24, 2.45) is 23.7 Å². The minimum Gasteiger partial charge on any atom is -0.478 e. The largest absolute Gasteiger partial charge is 0.478 e. The van der Waals surface area contributed by atoms with Gasteiger partial charge in [-0.15, -0.1) is 0 Å². The summed E-state index contributed by atoms with van der Waals surface area (Å²) in [5.74, 6) is -0.323. The fraction of sp³-hybridized carbons (Fsp3) is 0.667. The molecule has 158 valence electrons. The summed E-state index contributed by atoms with van der Waals surface area (Å²) < 4.78 is 0. The maximum absolute atomic E-state index is 12.0. The molecule has 0 aromatic heterocycles. The third-order valence-corrected chi connectivity index (χ3v) is 5.45. The van der Waals surface area contributed by atoms with Gasteiger partial charge in [0.25, 0.3) is 0 Å². The zero-order chi connectivity index (χ0) is 21.4. The van der Waals surface area contributed by atoms with Gasteiger partial charge in [0.15, 0.2) is 0 Å². The van der Waals surface area contributed by atoms with E-state index in [-0.39, 0.29) is 11.1 Å². The molecule has 0 fully saturated rings. The van der Waals surface area contributed by atoms with Gasteiger partial charge in [-0.3, -0.25) is 0 Å². The molecule has 0 saturated heterocycles. The molecule has 4 nitrogen and oxygen atoms in total. The van der Waals surface area contributed by atoms with Crippen LogP contribution >= 0.6 is 0 Å². The smallest absolute Gasteiger partial charge is 0.336 e. The van der Waals surface area contributed by atoms with Gasteiger partial charge in [-0.25, -0.2) is 9.59 Å². The van der Waals surface area contributed by atoms with E-state index in [1.807, 2.05) is 6.07 Å². The summed E-state index contributed by atoms with van der Waals surface area (Å²) in [5, 5.41) is 19.3. The fourth-order valence-electron chi connectivity index (χ4n) is 3.70. The SMILES string of the molecule is CC(C)CCC(C)Cc1ccc(C(=O)O)c(C(=O)O)c1CC(C)CCC(C)C. The van der Waals surface area contributed by atoms with Crippen LogP contribution in [0.25, 0.3) is 0 Å². The van der Waals surface area contributed by atoms with Crippen molar-refractivity contribution in [1.82, 2.24) is 0 Å². The number of benzene rings is 1. The molecule has 4 heteroatoms. The van der Waals surface area contributed by atoms with E-state index < -0.39 is 11.9 Å². The monoisotopic (exact) mass is 390 g/mol. The Labute approximate surface area is 170 Å². The second-order valence-electron chi connectivity index (χ2n) is 9.30. The van der Waals surface area contributed by atoms with Crippen molar-refractivity contribution in [2.45, 2.75) is 80.1 Å². The quantitative estimate of drug-likeness (QED) is 0.438. The summed E-state index contributed by atoms with van der Waals surface area (Å²) in [5.41, 5.74) is 1.60. The Morgan fingerprint density at radius 3 is 1.68 bits per heavy atom. The van der Waals surface area contributed by atoms with E-state index in [1.165, 1.54) is 6.07 Å². The van der Waals surface area contributed by atoms with E-state index in [2.05, 4.69) is 41.5 Å². The first-order valence-corrected chi connectivity index (χ1v) is 10.6. The molecule has 0 aliphatic heterocycles. The van der Waals surface area contributed by atoms with Gasteiger partial charge in [0.1, 0.15) is 0 Å². The van der Waals surface area contributed by atoms with E-state index in [1.54, 1.807) is 0 Å². The van der Waals surface area contributed by atoms with E-state index in [0.717, 1.165) is 43.2 Å². The first kappa shape index (κ1) is 24.2. The third kappa shape index (κ3) is 7.65. The van der Waals surface area contributed by atoms with Gasteiger partial charge in [0, 0.05) is 0 Å². The average Bonchev–Trinajstić information content (AvgIpc) is 2.58. The van der Waals surface area contributed by atoms with Gasteiger partial charge in [-0.2, -0.15) is 0 Å². The highest BCUT2D eigenvalue weighted by molar-refractivity contribution is 6.03. The summed E-state index contributed by atoms with van der Waals surface area (Å²) in [4.78, 5) is 23.6. The number of hydrogen-bond acceptors (Lipinski definition) is 2. The molecule has 0 spiro atoms. The Morgan fingerprint density at radius 2 is 1.25 bits per heavy atom. The van der Waals surface area contributed by atoms with Crippen LogP contribution in [0.5, 0.6) is 0 Å². The molecule has 1 aromatic rings. The van der Waals surface area contributed by atoms with Gasteiger partial charge < -0.3 is 10.2 Å². The normalized spacial score (nSPS) is 13.7. The van der Waals surface area contributed by atoms with Crippen molar-refractivity contribution >= 4 is 11.9 Å².